The highest BCUT2D eigenvalue weighted by Gasteiger charge is 2.36. The van der Waals surface area contributed by atoms with Gasteiger partial charge in [-0.15, -0.1) is 0 Å². The van der Waals surface area contributed by atoms with Gasteiger partial charge in [-0.1, -0.05) is 41.1 Å². The van der Waals surface area contributed by atoms with Crippen LogP contribution < -0.4 is 16.2 Å². The Hall–Kier alpha value is -3.82. The molecule has 7 nitrogen and oxygen atoms in total. The van der Waals surface area contributed by atoms with Crippen LogP contribution in [0.2, 0.25) is 0 Å². The van der Waals surface area contributed by atoms with Crippen LogP contribution in [0.3, 0.4) is 0 Å². The Kier molecular flexibility index (Phi) is 6.58. The van der Waals surface area contributed by atoms with E-state index < -0.39 is 11.7 Å². The summed E-state index contributed by atoms with van der Waals surface area (Å²) in [4.78, 5) is 4.30. The Balaban J connectivity index is 1.53. The van der Waals surface area contributed by atoms with E-state index in [1.165, 1.54) is 12.1 Å². The molecule has 1 aliphatic heterocycles. The first-order valence-corrected chi connectivity index (χ1v) is 10.8. The molecule has 0 spiro atoms. The Morgan fingerprint density at radius 1 is 1.21 bits per heavy atom. The van der Waals surface area contributed by atoms with Crippen LogP contribution >= 0.6 is 0 Å². The summed E-state index contributed by atoms with van der Waals surface area (Å²) in [5.41, 5.74) is 12.7. The Morgan fingerprint density at radius 3 is 2.68 bits per heavy atom. The van der Waals surface area contributed by atoms with Crippen molar-refractivity contribution < 1.29 is 27.0 Å². The van der Waals surface area contributed by atoms with Crippen LogP contribution in [-0.4, -0.2) is 33.8 Å². The van der Waals surface area contributed by atoms with E-state index >= 15 is 0 Å². The summed E-state index contributed by atoms with van der Waals surface area (Å²) in [5, 5.41) is 3.87. The number of nitrogens with zero attached hydrogens (tertiary/aromatic N) is 3. The van der Waals surface area contributed by atoms with Gasteiger partial charge in [0.25, 0.3) is 5.89 Å². The van der Waals surface area contributed by atoms with E-state index in [4.69, 9.17) is 20.7 Å². The average Bonchev–Trinajstić information content (AvgIpc) is 3.47. The lowest BCUT2D eigenvalue weighted by molar-refractivity contribution is -0.555. The van der Waals surface area contributed by atoms with E-state index in [0.717, 1.165) is 23.6 Å². The van der Waals surface area contributed by atoms with Crippen LogP contribution in [0.25, 0.3) is 17.5 Å². The van der Waals surface area contributed by atoms with Gasteiger partial charge in [-0.2, -0.15) is 18.2 Å². The van der Waals surface area contributed by atoms with Crippen molar-refractivity contribution >= 4 is 12.0 Å². The number of alkyl halides is 3. The molecule has 0 bridgehead atoms. The number of aryl methyl sites for hydroxylation is 1. The molecule has 0 saturated carbocycles. The molecule has 1 aliphatic rings. The van der Waals surface area contributed by atoms with Crippen molar-refractivity contribution in [3.05, 3.63) is 71.1 Å². The topological polar surface area (TPSA) is 103 Å². The quantitative estimate of drug-likeness (QED) is 0.410. The largest absolute Gasteiger partial charge is 0.489 e. The molecule has 0 aliphatic carbocycles. The monoisotopic (exact) mass is 472 g/mol. The summed E-state index contributed by atoms with van der Waals surface area (Å²) in [7, 11) is 0. The van der Waals surface area contributed by atoms with Gasteiger partial charge in [-0.3, -0.25) is 16.0 Å². The van der Waals surface area contributed by atoms with E-state index in [1.807, 2.05) is 31.2 Å². The number of aromatic nitrogens is 2. The van der Waals surface area contributed by atoms with Gasteiger partial charge in [0.05, 0.1) is 12.1 Å². The number of halogens is 3. The van der Waals surface area contributed by atoms with Gasteiger partial charge in [-0.05, 0) is 49.6 Å². The maximum Gasteiger partial charge on any atom is 0.419 e. The zero-order valence-corrected chi connectivity index (χ0v) is 18.5. The number of hydrogen-bond acceptors (Lipinski definition) is 4. The third-order valence-electron chi connectivity index (χ3n) is 5.58. The second kappa shape index (κ2) is 9.58. The normalized spacial score (nSPS) is 16.4. The van der Waals surface area contributed by atoms with Crippen molar-refractivity contribution in [2.45, 2.75) is 32.0 Å². The van der Waals surface area contributed by atoms with Crippen LogP contribution in [-0.2, 0) is 6.18 Å². The maximum atomic E-state index is 13.7. The highest BCUT2D eigenvalue weighted by molar-refractivity contribution is 5.70. The number of guanidine groups is 1. The fourth-order valence-corrected chi connectivity index (χ4v) is 3.84. The number of rotatable bonds is 6. The molecule has 3 aromatic rings. The molecule has 1 aromatic heterocycles. The molecule has 0 unspecified atom stereocenters. The standard InChI is InChI=1S/C24H24F3N5O2/c1-15-6-8-16(9-7-15)4-3-13-33-20-11-10-17(14-18(20)24(25,26)27)21-30-22(34-31-21)19-5-2-12-32(19)23(28)29/h3-4,6-11,14,19H,2,5,12-13H2,1H3,(H3,28,29)/p+1/b4-3-/t19-/m0/s1. The van der Waals surface area contributed by atoms with Crippen molar-refractivity contribution in [1.29, 1.82) is 0 Å². The van der Waals surface area contributed by atoms with Gasteiger partial charge in [0.1, 0.15) is 12.4 Å². The lowest BCUT2D eigenvalue weighted by Gasteiger charge is -2.14. The summed E-state index contributed by atoms with van der Waals surface area (Å²) in [6.45, 7) is 2.61. The summed E-state index contributed by atoms with van der Waals surface area (Å²) >= 11 is 0. The summed E-state index contributed by atoms with van der Waals surface area (Å²) < 4.78 is 53.7. The van der Waals surface area contributed by atoms with Gasteiger partial charge in [-0.25, -0.2) is 0 Å². The highest BCUT2D eigenvalue weighted by atomic mass is 19.4. The predicted octanol–water partition coefficient (Wildman–Crippen LogP) is 4.28. The number of nitrogens with two attached hydrogens (primary N) is 2. The smallest absolute Gasteiger partial charge is 0.419 e. The second-order valence-electron chi connectivity index (χ2n) is 8.07. The molecular formula is C24H25F3N5O2+. The Labute approximate surface area is 194 Å². The zero-order valence-electron chi connectivity index (χ0n) is 18.5. The summed E-state index contributed by atoms with van der Waals surface area (Å²) in [6, 6.07) is 11.2. The molecule has 178 valence electrons. The van der Waals surface area contributed by atoms with Crippen LogP contribution in [0.15, 0.2) is 53.1 Å². The van der Waals surface area contributed by atoms with Gasteiger partial charge >= 0.3 is 12.1 Å². The minimum absolute atomic E-state index is 0.0167. The highest BCUT2D eigenvalue weighted by Crippen LogP contribution is 2.39. The first-order chi connectivity index (χ1) is 16.2. The van der Waals surface area contributed by atoms with Crippen LogP contribution in [0, 0.1) is 6.92 Å². The van der Waals surface area contributed by atoms with Crippen molar-refractivity contribution in [2.24, 2.45) is 11.5 Å². The molecule has 1 atom stereocenters. The average molecular weight is 472 g/mol. The molecule has 1 saturated heterocycles. The van der Waals surface area contributed by atoms with Crippen LogP contribution in [0.4, 0.5) is 13.2 Å². The van der Waals surface area contributed by atoms with Gasteiger partial charge in [0.15, 0.2) is 6.04 Å². The minimum Gasteiger partial charge on any atom is -0.489 e. The first kappa shape index (κ1) is 23.3. The third kappa shape index (κ3) is 5.22. The Morgan fingerprint density at radius 2 is 1.97 bits per heavy atom. The minimum atomic E-state index is -4.62. The van der Waals surface area contributed by atoms with E-state index in [1.54, 1.807) is 16.7 Å². The second-order valence-corrected chi connectivity index (χ2v) is 8.07. The predicted molar refractivity (Wildman–Crippen MR) is 121 cm³/mol. The van der Waals surface area contributed by atoms with Gasteiger partial charge < -0.3 is 9.26 Å². The fraction of sp³-hybridized carbons (Fsp3) is 0.292. The summed E-state index contributed by atoms with van der Waals surface area (Å²) in [6.07, 6.45) is 0.375. The van der Waals surface area contributed by atoms with Crippen LogP contribution in [0.1, 0.15) is 41.5 Å². The maximum absolute atomic E-state index is 13.7. The van der Waals surface area contributed by atoms with E-state index in [0.29, 0.717) is 13.0 Å². The number of ether oxygens (including phenoxy) is 1. The van der Waals surface area contributed by atoms with E-state index in [-0.39, 0.29) is 41.6 Å². The number of hydrogen-bond donors (Lipinski definition) is 2. The van der Waals surface area contributed by atoms with Crippen LogP contribution in [0.5, 0.6) is 5.75 Å². The fourth-order valence-electron chi connectivity index (χ4n) is 3.84. The molecule has 0 radical (unpaired) electrons. The summed E-state index contributed by atoms with van der Waals surface area (Å²) in [5.74, 6) is 0.172. The lowest BCUT2D eigenvalue weighted by Crippen LogP contribution is -2.35. The molecule has 0 amide bonds. The molecule has 4 N–H and O–H groups in total. The molecule has 2 heterocycles. The van der Waals surface area contributed by atoms with E-state index in [2.05, 4.69) is 10.1 Å². The SMILES string of the molecule is Cc1ccc(/C=C\COc2ccc(-c3noc([C@@H]4CCC[N+]4=C(N)N)n3)cc2C(F)(F)F)cc1. The zero-order chi connectivity index (χ0) is 24.3. The molecule has 1 fully saturated rings. The van der Waals surface area contributed by atoms with Gasteiger partial charge in [0.2, 0.25) is 5.82 Å². The van der Waals surface area contributed by atoms with Crippen molar-refractivity contribution in [2.75, 3.05) is 13.2 Å². The molecule has 10 heteroatoms. The van der Waals surface area contributed by atoms with Crippen molar-refractivity contribution in [1.82, 2.24) is 10.1 Å². The molecule has 34 heavy (non-hydrogen) atoms. The van der Waals surface area contributed by atoms with Crippen molar-refractivity contribution in [3.8, 4) is 17.1 Å². The lowest BCUT2D eigenvalue weighted by atomic mass is 10.1. The van der Waals surface area contributed by atoms with Crippen molar-refractivity contribution in [3.63, 3.8) is 0 Å². The first-order valence-electron chi connectivity index (χ1n) is 10.8. The molecular weight excluding hydrogens is 447 g/mol. The number of benzene rings is 2. The van der Waals surface area contributed by atoms with E-state index in [9.17, 15) is 13.2 Å². The Bertz CT molecular complexity index is 1210. The van der Waals surface area contributed by atoms with Gasteiger partial charge in [0, 0.05) is 5.56 Å². The third-order valence-corrected chi connectivity index (χ3v) is 5.58. The molecule has 2 aromatic carbocycles. The molecule has 4 rings (SSSR count).